The van der Waals surface area contributed by atoms with Crippen molar-refractivity contribution in [2.45, 2.75) is 46.1 Å². The number of nitrogens with one attached hydrogen (secondary N) is 1. The number of benzene rings is 1. The molecule has 6 heteroatoms. The molecular formula is C24H31N5O. The molecule has 1 N–H and O–H groups in total. The molecule has 3 aromatic rings. The Bertz CT molecular complexity index is 1000. The maximum Gasteiger partial charge on any atom is 0.257 e. The summed E-state index contributed by atoms with van der Waals surface area (Å²) in [6.45, 7) is 8.89. The summed E-state index contributed by atoms with van der Waals surface area (Å²) in [5, 5.41) is 7.87. The summed E-state index contributed by atoms with van der Waals surface area (Å²) in [5.74, 6) is 0.701. The molecule has 0 radical (unpaired) electrons. The van der Waals surface area contributed by atoms with E-state index in [1.54, 1.807) is 0 Å². The van der Waals surface area contributed by atoms with E-state index in [0.717, 1.165) is 35.9 Å². The van der Waals surface area contributed by atoms with Crippen LogP contribution in [0.5, 0.6) is 0 Å². The Labute approximate surface area is 178 Å². The number of amides is 1. The maximum atomic E-state index is 13.2. The second-order valence-corrected chi connectivity index (χ2v) is 8.26. The molecule has 1 amide bonds. The molecule has 1 aliphatic heterocycles. The molecule has 158 valence electrons. The smallest absolute Gasteiger partial charge is 0.257 e. The Morgan fingerprint density at radius 3 is 2.70 bits per heavy atom. The van der Waals surface area contributed by atoms with E-state index < -0.39 is 0 Å². The molecule has 1 atom stereocenters. The fourth-order valence-corrected chi connectivity index (χ4v) is 4.33. The van der Waals surface area contributed by atoms with Crippen molar-refractivity contribution < 1.29 is 4.79 Å². The number of rotatable bonds is 6. The lowest BCUT2D eigenvalue weighted by molar-refractivity contribution is 0.0938. The predicted octanol–water partition coefficient (Wildman–Crippen LogP) is 3.88. The van der Waals surface area contributed by atoms with Crippen LogP contribution in [0, 0.1) is 13.8 Å². The van der Waals surface area contributed by atoms with Gasteiger partial charge in [0.15, 0.2) is 5.82 Å². The van der Waals surface area contributed by atoms with Crippen molar-refractivity contribution in [3.63, 3.8) is 0 Å². The van der Waals surface area contributed by atoms with Crippen LogP contribution in [0.15, 0.2) is 48.8 Å². The molecule has 1 fully saturated rings. The number of nitrogens with zero attached hydrogens (tertiary/aromatic N) is 4. The van der Waals surface area contributed by atoms with Gasteiger partial charge in [-0.1, -0.05) is 18.6 Å². The number of aromatic nitrogens is 3. The van der Waals surface area contributed by atoms with Crippen LogP contribution >= 0.6 is 0 Å². The fourth-order valence-electron chi connectivity index (χ4n) is 4.33. The number of piperidine rings is 1. The molecular weight excluding hydrogens is 374 g/mol. The Morgan fingerprint density at radius 2 is 1.97 bits per heavy atom. The minimum Gasteiger partial charge on any atom is -0.351 e. The first-order valence-corrected chi connectivity index (χ1v) is 10.9. The Kier molecular flexibility index (Phi) is 6.04. The van der Waals surface area contributed by atoms with E-state index in [1.165, 1.54) is 19.3 Å². The molecule has 0 unspecified atom stereocenters. The Hall–Kier alpha value is -2.86. The number of hydrogen-bond acceptors (Lipinski definition) is 3. The maximum absolute atomic E-state index is 13.2. The summed E-state index contributed by atoms with van der Waals surface area (Å²) in [5.41, 5.74) is 3.45. The van der Waals surface area contributed by atoms with Gasteiger partial charge < -0.3 is 9.88 Å². The zero-order valence-corrected chi connectivity index (χ0v) is 18.1. The van der Waals surface area contributed by atoms with Crippen molar-refractivity contribution in [3.05, 3.63) is 65.6 Å². The van der Waals surface area contributed by atoms with Crippen LogP contribution in [-0.2, 0) is 0 Å². The average molecular weight is 406 g/mol. The SMILES string of the molecule is Cc1cccc(-n2nc(C)c(C(=O)NCCN3CCCC[C@H]3C)c2-n2cccc2)c1. The third-order valence-corrected chi connectivity index (χ3v) is 5.98. The molecule has 0 spiro atoms. The van der Waals surface area contributed by atoms with E-state index in [-0.39, 0.29) is 5.91 Å². The second kappa shape index (κ2) is 8.88. The van der Waals surface area contributed by atoms with Gasteiger partial charge >= 0.3 is 0 Å². The third kappa shape index (κ3) is 4.19. The predicted molar refractivity (Wildman–Crippen MR) is 120 cm³/mol. The summed E-state index contributed by atoms with van der Waals surface area (Å²) < 4.78 is 3.83. The van der Waals surface area contributed by atoms with Crippen LogP contribution in [-0.4, -0.2) is 50.8 Å². The van der Waals surface area contributed by atoms with Crippen LogP contribution < -0.4 is 5.32 Å². The summed E-state index contributed by atoms with van der Waals surface area (Å²) in [7, 11) is 0. The Balaban J connectivity index is 1.60. The molecule has 6 nitrogen and oxygen atoms in total. The van der Waals surface area contributed by atoms with Crippen LogP contribution in [0.1, 0.15) is 47.8 Å². The lowest BCUT2D eigenvalue weighted by Gasteiger charge is -2.33. The van der Waals surface area contributed by atoms with Gasteiger partial charge in [-0.15, -0.1) is 0 Å². The Morgan fingerprint density at radius 1 is 1.17 bits per heavy atom. The normalized spacial score (nSPS) is 17.2. The van der Waals surface area contributed by atoms with Crippen molar-refractivity contribution in [1.29, 1.82) is 0 Å². The zero-order valence-electron chi connectivity index (χ0n) is 18.1. The molecule has 0 saturated carbocycles. The molecule has 1 aliphatic rings. The van der Waals surface area contributed by atoms with Crippen molar-refractivity contribution >= 4 is 5.91 Å². The number of carbonyl (C=O) groups is 1. The van der Waals surface area contributed by atoms with E-state index in [1.807, 2.05) is 52.8 Å². The van der Waals surface area contributed by atoms with E-state index in [0.29, 0.717) is 18.2 Å². The van der Waals surface area contributed by atoms with Gasteiger partial charge in [-0.3, -0.25) is 9.69 Å². The van der Waals surface area contributed by atoms with Crippen molar-refractivity contribution in [1.82, 2.24) is 24.6 Å². The van der Waals surface area contributed by atoms with E-state index in [2.05, 4.69) is 36.2 Å². The molecule has 1 saturated heterocycles. The van der Waals surface area contributed by atoms with Crippen molar-refractivity contribution in [2.75, 3.05) is 19.6 Å². The molecule has 4 rings (SSSR count). The van der Waals surface area contributed by atoms with Crippen LogP contribution in [0.3, 0.4) is 0 Å². The van der Waals surface area contributed by atoms with Gasteiger partial charge in [-0.25, -0.2) is 4.68 Å². The first-order valence-electron chi connectivity index (χ1n) is 10.9. The lowest BCUT2D eigenvalue weighted by Crippen LogP contribution is -2.42. The standard InChI is InChI=1S/C24H31N5O/c1-18-9-8-11-21(17-18)29-24(28-14-6-7-15-28)22(20(3)26-29)23(30)25-12-16-27-13-5-4-10-19(27)2/h6-9,11,14-15,17,19H,4-5,10,12-13,16H2,1-3H3,(H,25,30)/t19-/m1/s1. The van der Waals surface area contributed by atoms with E-state index in [4.69, 9.17) is 5.10 Å². The number of aryl methyl sites for hydroxylation is 2. The largest absolute Gasteiger partial charge is 0.351 e. The highest BCUT2D eigenvalue weighted by Gasteiger charge is 2.24. The molecule has 30 heavy (non-hydrogen) atoms. The summed E-state index contributed by atoms with van der Waals surface area (Å²) in [6, 6.07) is 12.7. The van der Waals surface area contributed by atoms with Crippen LogP contribution in [0.4, 0.5) is 0 Å². The zero-order chi connectivity index (χ0) is 21.1. The minimum atomic E-state index is -0.0697. The molecule has 3 heterocycles. The number of likely N-dealkylation sites (tertiary alicyclic amines) is 1. The topological polar surface area (TPSA) is 55.1 Å². The van der Waals surface area contributed by atoms with Crippen LogP contribution in [0.25, 0.3) is 11.5 Å². The van der Waals surface area contributed by atoms with Gasteiger partial charge in [0.1, 0.15) is 5.56 Å². The van der Waals surface area contributed by atoms with Gasteiger partial charge in [0, 0.05) is 31.5 Å². The first-order chi connectivity index (χ1) is 14.5. The quantitative estimate of drug-likeness (QED) is 0.677. The lowest BCUT2D eigenvalue weighted by atomic mass is 10.0. The average Bonchev–Trinajstić information content (AvgIpc) is 3.37. The van der Waals surface area contributed by atoms with Gasteiger partial charge in [-0.2, -0.15) is 5.10 Å². The first kappa shape index (κ1) is 20.4. The summed E-state index contributed by atoms with van der Waals surface area (Å²) in [6.07, 6.45) is 7.71. The number of hydrogen-bond donors (Lipinski definition) is 1. The summed E-state index contributed by atoms with van der Waals surface area (Å²) in [4.78, 5) is 15.7. The fraction of sp³-hybridized carbons (Fsp3) is 0.417. The highest BCUT2D eigenvalue weighted by Crippen LogP contribution is 2.23. The third-order valence-electron chi connectivity index (χ3n) is 5.98. The molecule has 1 aromatic carbocycles. The van der Waals surface area contributed by atoms with E-state index >= 15 is 0 Å². The highest BCUT2D eigenvalue weighted by molar-refractivity contribution is 5.98. The molecule has 0 aliphatic carbocycles. The molecule has 2 aromatic heterocycles. The van der Waals surface area contributed by atoms with E-state index in [9.17, 15) is 4.79 Å². The second-order valence-electron chi connectivity index (χ2n) is 8.26. The van der Waals surface area contributed by atoms with Gasteiger partial charge in [-0.05, 0) is 70.0 Å². The van der Waals surface area contributed by atoms with Crippen LogP contribution in [0.2, 0.25) is 0 Å². The summed E-state index contributed by atoms with van der Waals surface area (Å²) >= 11 is 0. The van der Waals surface area contributed by atoms with Crippen molar-refractivity contribution in [3.8, 4) is 11.5 Å². The highest BCUT2D eigenvalue weighted by atomic mass is 16.1. The van der Waals surface area contributed by atoms with Gasteiger partial charge in [0.2, 0.25) is 0 Å². The monoisotopic (exact) mass is 405 g/mol. The van der Waals surface area contributed by atoms with Gasteiger partial charge in [0.05, 0.1) is 11.4 Å². The minimum absolute atomic E-state index is 0.0697. The number of carbonyl (C=O) groups excluding carboxylic acids is 1. The van der Waals surface area contributed by atoms with Crippen molar-refractivity contribution in [2.24, 2.45) is 0 Å². The van der Waals surface area contributed by atoms with Gasteiger partial charge in [0.25, 0.3) is 5.91 Å². The molecule has 0 bridgehead atoms.